The maximum atomic E-state index is 13.5. The van der Waals surface area contributed by atoms with Crippen LogP contribution in [0.15, 0.2) is 27.6 Å². The Morgan fingerprint density at radius 2 is 2.05 bits per heavy atom. The van der Waals surface area contributed by atoms with E-state index in [1.54, 1.807) is 0 Å². The second kappa shape index (κ2) is 6.32. The van der Waals surface area contributed by atoms with Gasteiger partial charge in [-0.25, -0.2) is 17.5 Å². The van der Waals surface area contributed by atoms with Crippen molar-refractivity contribution in [1.82, 2.24) is 4.72 Å². The minimum atomic E-state index is -3.86. The average Bonchev–Trinajstić information content (AvgIpc) is 2.44. The van der Waals surface area contributed by atoms with Gasteiger partial charge in [-0.15, -0.1) is 0 Å². The molecule has 21 heavy (non-hydrogen) atoms. The first-order valence-corrected chi connectivity index (χ1v) is 9.15. The highest BCUT2D eigenvalue weighted by Gasteiger charge is 2.37. The van der Waals surface area contributed by atoms with Crippen LogP contribution in [0.4, 0.5) is 4.39 Å². The maximum absolute atomic E-state index is 13.5. The fraction of sp³-hybridized carbons (Fsp3) is 0.571. The summed E-state index contributed by atoms with van der Waals surface area (Å²) in [6.07, 6.45) is 2.89. The van der Waals surface area contributed by atoms with E-state index < -0.39 is 21.4 Å². The van der Waals surface area contributed by atoms with Crippen LogP contribution in [0.2, 0.25) is 0 Å². The predicted octanol–water partition coefficient (Wildman–Crippen LogP) is 2.81. The molecule has 0 aliphatic heterocycles. The third kappa shape index (κ3) is 3.83. The Bertz CT molecular complexity index is 613. The Labute approximate surface area is 132 Å². The van der Waals surface area contributed by atoms with Crippen LogP contribution in [-0.4, -0.2) is 25.7 Å². The lowest BCUT2D eigenvalue weighted by atomic mass is 9.78. The van der Waals surface area contributed by atoms with Crippen molar-refractivity contribution in [3.8, 4) is 0 Å². The third-order valence-corrected chi connectivity index (χ3v) is 6.31. The molecule has 4 nitrogen and oxygen atoms in total. The maximum Gasteiger partial charge on any atom is 0.241 e. The van der Waals surface area contributed by atoms with Gasteiger partial charge in [-0.2, -0.15) is 0 Å². The van der Waals surface area contributed by atoms with E-state index in [-0.39, 0.29) is 16.0 Å². The minimum Gasteiger partial charge on any atom is -0.394 e. The van der Waals surface area contributed by atoms with Crippen molar-refractivity contribution in [2.75, 3.05) is 6.61 Å². The van der Waals surface area contributed by atoms with Gasteiger partial charge in [0.1, 0.15) is 5.82 Å². The molecule has 118 valence electrons. The standard InChI is InChI=1S/C14H19BrFNO3S/c1-10-4-6-14(9-18,7-5-10)17-21(19,20)11-2-3-12(15)13(16)8-11/h2-3,8,10,17-18H,4-7,9H2,1H3. The molecule has 1 aliphatic rings. The van der Waals surface area contributed by atoms with Crippen LogP contribution in [0.5, 0.6) is 0 Å². The molecule has 0 radical (unpaired) electrons. The zero-order valence-corrected chi connectivity index (χ0v) is 14.2. The van der Waals surface area contributed by atoms with Crippen LogP contribution in [0.1, 0.15) is 32.6 Å². The molecule has 7 heteroatoms. The summed E-state index contributed by atoms with van der Waals surface area (Å²) in [6.45, 7) is 1.86. The Balaban J connectivity index is 2.25. The van der Waals surface area contributed by atoms with Crippen molar-refractivity contribution in [2.45, 2.75) is 43.0 Å². The van der Waals surface area contributed by atoms with E-state index in [0.717, 1.165) is 18.9 Å². The fourth-order valence-corrected chi connectivity index (χ4v) is 4.30. The molecule has 0 aromatic heterocycles. The van der Waals surface area contributed by atoms with Gasteiger partial charge in [-0.3, -0.25) is 0 Å². The molecular weight excluding hydrogens is 361 g/mol. The number of aliphatic hydroxyl groups excluding tert-OH is 1. The molecule has 2 N–H and O–H groups in total. The summed E-state index contributed by atoms with van der Waals surface area (Å²) in [5.74, 6) is -0.104. The minimum absolute atomic E-state index is 0.130. The van der Waals surface area contributed by atoms with E-state index >= 15 is 0 Å². The van der Waals surface area contributed by atoms with Gasteiger partial charge in [0.2, 0.25) is 10.0 Å². The molecular formula is C14H19BrFNO3S. The molecule has 1 saturated carbocycles. The highest BCUT2D eigenvalue weighted by Crippen LogP contribution is 2.33. The zero-order chi connectivity index (χ0) is 15.7. The molecule has 0 atom stereocenters. The molecule has 1 aromatic carbocycles. The smallest absolute Gasteiger partial charge is 0.241 e. The molecule has 2 rings (SSSR count). The van der Waals surface area contributed by atoms with E-state index in [1.807, 2.05) is 0 Å². The van der Waals surface area contributed by atoms with Crippen molar-refractivity contribution >= 4 is 26.0 Å². The van der Waals surface area contributed by atoms with Gasteiger partial charge in [0.25, 0.3) is 0 Å². The highest BCUT2D eigenvalue weighted by atomic mass is 79.9. The van der Waals surface area contributed by atoms with Crippen LogP contribution < -0.4 is 4.72 Å². The number of rotatable bonds is 4. The zero-order valence-electron chi connectivity index (χ0n) is 11.8. The summed E-state index contributed by atoms with van der Waals surface area (Å²) in [6, 6.07) is 3.67. The number of nitrogens with one attached hydrogen (secondary N) is 1. The van der Waals surface area contributed by atoms with Gasteiger partial charge in [0.15, 0.2) is 0 Å². The van der Waals surface area contributed by atoms with Gasteiger partial charge in [0, 0.05) is 0 Å². The number of aliphatic hydroxyl groups is 1. The summed E-state index contributed by atoms with van der Waals surface area (Å²) in [5, 5.41) is 9.63. The summed E-state index contributed by atoms with van der Waals surface area (Å²) in [7, 11) is -3.86. The first-order chi connectivity index (χ1) is 9.78. The summed E-state index contributed by atoms with van der Waals surface area (Å²) >= 11 is 3.00. The molecule has 0 saturated heterocycles. The average molecular weight is 380 g/mol. The summed E-state index contributed by atoms with van der Waals surface area (Å²) < 4.78 is 41.1. The van der Waals surface area contributed by atoms with Crippen LogP contribution >= 0.6 is 15.9 Å². The van der Waals surface area contributed by atoms with Gasteiger partial charge in [-0.1, -0.05) is 6.92 Å². The lowest BCUT2D eigenvalue weighted by Crippen LogP contribution is -2.53. The molecule has 0 bridgehead atoms. The normalized spacial score (nSPS) is 26.8. The number of halogens is 2. The van der Waals surface area contributed by atoms with Crippen molar-refractivity contribution in [2.24, 2.45) is 5.92 Å². The lowest BCUT2D eigenvalue weighted by Gasteiger charge is -2.38. The van der Waals surface area contributed by atoms with E-state index in [1.165, 1.54) is 12.1 Å². The second-order valence-electron chi connectivity index (χ2n) is 5.80. The fourth-order valence-electron chi connectivity index (χ4n) is 2.60. The van der Waals surface area contributed by atoms with E-state index in [0.29, 0.717) is 18.8 Å². The summed E-state index contributed by atoms with van der Waals surface area (Å²) in [5.41, 5.74) is -0.838. The van der Waals surface area contributed by atoms with Gasteiger partial charge in [-0.05, 0) is 65.7 Å². The number of sulfonamides is 1. The predicted molar refractivity (Wildman–Crippen MR) is 81.9 cm³/mol. The molecule has 1 aliphatic carbocycles. The van der Waals surface area contributed by atoms with E-state index in [4.69, 9.17) is 0 Å². The Morgan fingerprint density at radius 1 is 1.43 bits per heavy atom. The Kier molecular flexibility index (Phi) is 5.07. The van der Waals surface area contributed by atoms with Crippen LogP contribution in [-0.2, 0) is 10.0 Å². The Morgan fingerprint density at radius 3 is 2.57 bits per heavy atom. The SMILES string of the molecule is CC1CCC(CO)(NS(=O)(=O)c2ccc(Br)c(F)c2)CC1. The van der Waals surface area contributed by atoms with Crippen molar-refractivity contribution in [1.29, 1.82) is 0 Å². The van der Waals surface area contributed by atoms with Crippen molar-refractivity contribution in [3.63, 3.8) is 0 Å². The topological polar surface area (TPSA) is 66.4 Å². The van der Waals surface area contributed by atoms with Gasteiger partial charge >= 0.3 is 0 Å². The third-order valence-electron chi connectivity index (χ3n) is 4.09. The summed E-state index contributed by atoms with van der Waals surface area (Å²) in [4.78, 5) is -0.130. The molecule has 0 spiro atoms. The molecule has 1 aromatic rings. The molecule has 0 unspecified atom stereocenters. The monoisotopic (exact) mass is 379 g/mol. The second-order valence-corrected chi connectivity index (χ2v) is 8.34. The van der Waals surface area contributed by atoms with Crippen LogP contribution in [0, 0.1) is 11.7 Å². The van der Waals surface area contributed by atoms with Crippen molar-refractivity contribution in [3.05, 3.63) is 28.5 Å². The molecule has 0 amide bonds. The van der Waals surface area contributed by atoms with Gasteiger partial charge in [0.05, 0.1) is 21.5 Å². The quantitative estimate of drug-likeness (QED) is 0.844. The first kappa shape index (κ1) is 16.9. The van der Waals surface area contributed by atoms with Gasteiger partial charge < -0.3 is 5.11 Å². The van der Waals surface area contributed by atoms with Crippen LogP contribution in [0.25, 0.3) is 0 Å². The molecule has 1 fully saturated rings. The lowest BCUT2D eigenvalue weighted by molar-refractivity contribution is 0.125. The highest BCUT2D eigenvalue weighted by molar-refractivity contribution is 9.10. The first-order valence-electron chi connectivity index (χ1n) is 6.88. The molecule has 0 heterocycles. The van der Waals surface area contributed by atoms with Crippen LogP contribution in [0.3, 0.4) is 0 Å². The van der Waals surface area contributed by atoms with Crippen molar-refractivity contribution < 1.29 is 17.9 Å². The van der Waals surface area contributed by atoms with E-state index in [2.05, 4.69) is 27.6 Å². The largest absolute Gasteiger partial charge is 0.394 e. The number of hydrogen-bond acceptors (Lipinski definition) is 3. The number of benzene rings is 1. The van der Waals surface area contributed by atoms with E-state index in [9.17, 15) is 17.9 Å². The Hall–Kier alpha value is -0.500. The number of hydrogen-bond donors (Lipinski definition) is 2.